The van der Waals surface area contributed by atoms with Crippen molar-refractivity contribution in [1.82, 2.24) is 0 Å². The lowest BCUT2D eigenvalue weighted by atomic mass is 9.96. The van der Waals surface area contributed by atoms with Crippen LogP contribution in [-0.2, 0) is 0 Å². The van der Waals surface area contributed by atoms with Crippen molar-refractivity contribution in [3.8, 4) is 5.75 Å². The first-order valence-electron chi connectivity index (χ1n) is 4.26. The number of Topliss-reactive ketones (excluding diaryl/α,β-unsaturated/α-hetero) is 1. The molecule has 0 radical (unpaired) electrons. The molecule has 1 aromatic carbocycles. The number of benzene rings is 1. The SMILES string of the molecule is CC(=O)c1c(C)cc(C)c(O)c1C. The summed E-state index contributed by atoms with van der Waals surface area (Å²) in [5.74, 6) is 0.237. The van der Waals surface area contributed by atoms with Crippen LogP contribution in [0.3, 0.4) is 0 Å². The van der Waals surface area contributed by atoms with Gasteiger partial charge in [-0.15, -0.1) is 0 Å². The van der Waals surface area contributed by atoms with Crippen molar-refractivity contribution in [2.24, 2.45) is 0 Å². The minimum absolute atomic E-state index is 0.00491. The van der Waals surface area contributed by atoms with Crippen LogP contribution in [0.25, 0.3) is 0 Å². The molecule has 0 fully saturated rings. The van der Waals surface area contributed by atoms with Gasteiger partial charge < -0.3 is 5.11 Å². The molecule has 0 saturated heterocycles. The average Bonchev–Trinajstić information content (AvgIpc) is 1.99. The zero-order valence-corrected chi connectivity index (χ0v) is 8.43. The molecule has 0 saturated carbocycles. The maximum Gasteiger partial charge on any atom is 0.160 e. The van der Waals surface area contributed by atoms with Crippen molar-refractivity contribution >= 4 is 5.78 Å². The van der Waals surface area contributed by atoms with Crippen LogP contribution in [0.15, 0.2) is 6.07 Å². The lowest BCUT2D eigenvalue weighted by Crippen LogP contribution is -2.01. The molecule has 0 aliphatic heterocycles. The van der Waals surface area contributed by atoms with E-state index in [4.69, 9.17) is 0 Å². The first kappa shape index (κ1) is 9.78. The van der Waals surface area contributed by atoms with E-state index >= 15 is 0 Å². The van der Waals surface area contributed by atoms with E-state index in [1.54, 1.807) is 6.92 Å². The van der Waals surface area contributed by atoms with Crippen LogP contribution in [0, 0.1) is 20.8 Å². The molecule has 0 aliphatic carbocycles. The molecule has 0 aliphatic rings. The second-order valence-corrected chi connectivity index (χ2v) is 3.42. The summed E-state index contributed by atoms with van der Waals surface area (Å²) in [5, 5.41) is 9.61. The third kappa shape index (κ3) is 1.57. The normalized spacial score (nSPS) is 10.2. The molecule has 0 atom stereocenters. The van der Waals surface area contributed by atoms with E-state index < -0.39 is 0 Å². The van der Waals surface area contributed by atoms with Gasteiger partial charge >= 0.3 is 0 Å². The Labute approximate surface area is 78.2 Å². The number of hydrogen-bond acceptors (Lipinski definition) is 2. The third-order valence-corrected chi connectivity index (χ3v) is 2.28. The van der Waals surface area contributed by atoms with Crippen molar-refractivity contribution in [3.05, 3.63) is 28.3 Å². The summed E-state index contributed by atoms with van der Waals surface area (Å²) in [4.78, 5) is 11.2. The summed E-state index contributed by atoms with van der Waals surface area (Å²) >= 11 is 0. The molecule has 1 rings (SSSR count). The van der Waals surface area contributed by atoms with Gasteiger partial charge in [-0.25, -0.2) is 0 Å². The quantitative estimate of drug-likeness (QED) is 0.671. The number of carbonyl (C=O) groups is 1. The monoisotopic (exact) mass is 178 g/mol. The highest BCUT2D eigenvalue weighted by Gasteiger charge is 2.12. The van der Waals surface area contributed by atoms with Gasteiger partial charge in [-0.05, 0) is 38.8 Å². The predicted octanol–water partition coefficient (Wildman–Crippen LogP) is 2.52. The number of aromatic hydroxyl groups is 1. The van der Waals surface area contributed by atoms with Gasteiger partial charge in [0.2, 0.25) is 0 Å². The van der Waals surface area contributed by atoms with Crippen molar-refractivity contribution in [2.45, 2.75) is 27.7 Å². The van der Waals surface area contributed by atoms with Crippen LogP contribution >= 0.6 is 0 Å². The molecule has 0 amide bonds. The zero-order valence-electron chi connectivity index (χ0n) is 8.43. The number of carbonyl (C=O) groups excluding carboxylic acids is 1. The minimum Gasteiger partial charge on any atom is -0.507 e. The Morgan fingerprint density at radius 3 is 2.23 bits per heavy atom. The van der Waals surface area contributed by atoms with Crippen molar-refractivity contribution in [3.63, 3.8) is 0 Å². The lowest BCUT2D eigenvalue weighted by molar-refractivity contribution is 0.101. The molecule has 70 valence electrons. The fourth-order valence-electron chi connectivity index (χ4n) is 1.72. The first-order valence-corrected chi connectivity index (χ1v) is 4.26. The molecule has 2 heteroatoms. The Morgan fingerprint density at radius 2 is 1.77 bits per heavy atom. The van der Waals surface area contributed by atoms with Crippen molar-refractivity contribution in [2.75, 3.05) is 0 Å². The molecule has 2 nitrogen and oxygen atoms in total. The Bertz CT molecular complexity index is 365. The van der Waals surface area contributed by atoms with Crippen LogP contribution in [-0.4, -0.2) is 10.9 Å². The third-order valence-electron chi connectivity index (χ3n) is 2.28. The van der Waals surface area contributed by atoms with Gasteiger partial charge in [0.05, 0.1) is 0 Å². The highest BCUT2D eigenvalue weighted by atomic mass is 16.3. The van der Waals surface area contributed by atoms with Gasteiger partial charge in [0.15, 0.2) is 5.78 Å². The van der Waals surface area contributed by atoms with Gasteiger partial charge in [0.1, 0.15) is 5.75 Å². The number of phenols is 1. The predicted molar refractivity (Wildman–Crippen MR) is 52.3 cm³/mol. The van der Waals surface area contributed by atoms with E-state index in [0.717, 1.165) is 11.1 Å². The van der Waals surface area contributed by atoms with Gasteiger partial charge in [0, 0.05) is 11.1 Å². The first-order chi connectivity index (χ1) is 5.95. The second-order valence-electron chi connectivity index (χ2n) is 3.42. The summed E-state index contributed by atoms with van der Waals surface area (Å²) in [6.45, 7) is 7.01. The number of phenolic OH excluding ortho intramolecular Hbond substituents is 1. The number of ketones is 1. The fraction of sp³-hybridized carbons (Fsp3) is 0.364. The molecular formula is C11H14O2. The number of aryl methyl sites for hydroxylation is 2. The molecule has 13 heavy (non-hydrogen) atoms. The van der Waals surface area contributed by atoms with Crippen LogP contribution in [0.4, 0.5) is 0 Å². The average molecular weight is 178 g/mol. The van der Waals surface area contributed by atoms with E-state index in [9.17, 15) is 9.90 Å². The topological polar surface area (TPSA) is 37.3 Å². The van der Waals surface area contributed by atoms with Crippen molar-refractivity contribution < 1.29 is 9.90 Å². The molecule has 1 N–H and O–H groups in total. The Balaban J connectivity index is 3.53. The Kier molecular flexibility index (Phi) is 2.41. The standard InChI is InChI=1S/C11H14O2/c1-6-5-7(2)11(13)8(3)10(6)9(4)12/h5,13H,1-4H3. The number of rotatable bonds is 1. The van der Waals surface area contributed by atoms with Gasteiger partial charge in [-0.1, -0.05) is 6.07 Å². The van der Waals surface area contributed by atoms with Crippen LogP contribution < -0.4 is 0 Å². The van der Waals surface area contributed by atoms with E-state index in [2.05, 4.69) is 0 Å². The number of hydrogen-bond donors (Lipinski definition) is 1. The molecule has 0 spiro atoms. The summed E-state index contributed by atoms with van der Waals surface area (Å²) in [7, 11) is 0. The maximum atomic E-state index is 11.2. The van der Waals surface area contributed by atoms with Crippen LogP contribution in [0.1, 0.15) is 34.0 Å². The zero-order chi connectivity index (χ0) is 10.2. The summed E-state index contributed by atoms with van der Waals surface area (Å²) in [5.41, 5.74) is 3.08. The van der Waals surface area contributed by atoms with E-state index in [0.29, 0.717) is 11.1 Å². The van der Waals surface area contributed by atoms with Crippen molar-refractivity contribution in [1.29, 1.82) is 0 Å². The Hall–Kier alpha value is -1.31. The summed E-state index contributed by atoms with van der Waals surface area (Å²) in [6, 6.07) is 1.83. The highest BCUT2D eigenvalue weighted by molar-refractivity contribution is 5.97. The summed E-state index contributed by atoms with van der Waals surface area (Å²) < 4.78 is 0. The second kappa shape index (κ2) is 3.21. The van der Waals surface area contributed by atoms with Gasteiger partial charge in [-0.3, -0.25) is 4.79 Å². The fourth-order valence-corrected chi connectivity index (χ4v) is 1.72. The highest BCUT2D eigenvalue weighted by Crippen LogP contribution is 2.27. The van der Waals surface area contributed by atoms with E-state index in [1.807, 2.05) is 19.9 Å². The molecule has 0 unspecified atom stereocenters. The molecule has 1 aromatic rings. The minimum atomic E-state index is 0.00491. The molecule has 0 bridgehead atoms. The smallest absolute Gasteiger partial charge is 0.160 e. The molecular weight excluding hydrogens is 164 g/mol. The van der Waals surface area contributed by atoms with E-state index in [1.165, 1.54) is 6.92 Å². The lowest BCUT2D eigenvalue weighted by Gasteiger charge is -2.10. The largest absolute Gasteiger partial charge is 0.507 e. The molecule has 0 aromatic heterocycles. The van der Waals surface area contributed by atoms with Gasteiger partial charge in [0.25, 0.3) is 0 Å². The van der Waals surface area contributed by atoms with Crippen LogP contribution in [0.5, 0.6) is 5.75 Å². The summed E-state index contributed by atoms with van der Waals surface area (Å²) in [6.07, 6.45) is 0. The molecule has 0 heterocycles. The maximum absolute atomic E-state index is 11.2. The Morgan fingerprint density at radius 1 is 1.23 bits per heavy atom. The van der Waals surface area contributed by atoms with E-state index in [-0.39, 0.29) is 11.5 Å². The van der Waals surface area contributed by atoms with Gasteiger partial charge in [-0.2, -0.15) is 0 Å². The van der Waals surface area contributed by atoms with Crippen LogP contribution in [0.2, 0.25) is 0 Å².